The van der Waals surface area contributed by atoms with Crippen LogP contribution in [0.1, 0.15) is 5.56 Å². The second-order valence-electron chi connectivity index (χ2n) is 3.58. The van der Waals surface area contributed by atoms with Crippen molar-refractivity contribution in [2.45, 2.75) is 5.75 Å². The van der Waals surface area contributed by atoms with E-state index in [1.165, 1.54) is 0 Å². The Morgan fingerprint density at radius 2 is 1.35 bits per heavy atom. The number of benzene rings is 2. The molecule has 0 fully saturated rings. The van der Waals surface area contributed by atoms with Crippen LogP contribution in [0.4, 0.5) is 0 Å². The first kappa shape index (κ1) is 12.4. The van der Waals surface area contributed by atoms with Crippen molar-refractivity contribution in [1.82, 2.24) is 0 Å². The Bertz CT molecular complexity index is 517. The van der Waals surface area contributed by atoms with E-state index in [0.29, 0.717) is 0 Å². The Balaban J connectivity index is 2.11. The average Bonchev–Trinajstić information content (AvgIpc) is 2.30. The fourth-order valence-corrected chi connectivity index (χ4v) is 6.60. The van der Waals surface area contributed by atoms with Gasteiger partial charge in [0.25, 0.3) is 0 Å². The summed E-state index contributed by atoms with van der Waals surface area (Å²) in [5, 5.41) is 0. The molecule has 2 aromatic carbocycles. The first-order chi connectivity index (χ1) is 8.16. The summed E-state index contributed by atoms with van der Waals surface area (Å²) in [4.78, 5) is 0. The second-order valence-corrected chi connectivity index (χ2v) is 10.4. The van der Waals surface area contributed by atoms with Crippen LogP contribution in [-0.4, -0.2) is 22.3 Å². The van der Waals surface area contributed by atoms with Gasteiger partial charge in [0.05, 0.1) is 0 Å². The summed E-state index contributed by atoms with van der Waals surface area (Å²) in [7, 11) is -3.03. The summed E-state index contributed by atoms with van der Waals surface area (Å²) in [6.07, 6.45) is 0. The van der Waals surface area contributed by atoms with E-state index in [1.807, 2.05) is 60.7 Å². The predicted octanol–water partition coefficient (Wildman–Crippen LogP) is 1.55. The Labute approximate surface area is 107 Å². The van der Waals surface area contributed by atoms with Crippen molar-refractivity contribution in [3.63, 3.8) is 0 Å². The molecule has 0 saturated carbocycles. The molecule has 0 radical (unpaired) electrons. The first-order valence-corrected chi connectivity index (χ1v) is 9.70. The Morgan fingerprint density at radius 1 is 0.824 bits per heavy atom. The van der Waals surface area contributed by atoms with Crippen molar-refractivity contribution in [3.05, 3.63) is 66.2 Å². The number of hydrogen-bond donors (Lipinski definition) is 0. The van der Waals surface area contributed by atoms with Crippen LogP contribution in [0.3, 0.4) is 0 Å². The first-order valence-electron chi connectivity index (χ1n) is 5.17. The predicted molar refractivity (Wildman–Crippen MR) is 70.9 cm³/mol. The van der Waals surface area contributed by atoms with Gasteiger partial charge in [-0.2, -0.15) is 0 Å². The Morgan fingerprint density at radius 3 is 1.94 bits per heavy atom. The summed E-state index contributed by atoms with van der Waals surface area (Å²) >= 11 is -0.510. The van der Waals surface area contributed by atoms with Gasteiger partial charge in [0.15, 0.2) is 0 Å². The van der Waals surface area contributed by atoms with E-state index in [9.17, 15) is 8.42 Å². The monoisotopic (exact) mass is 312 g/mol. The fraction of sp³-hybridized carbons (Fsp3) is 0.0769. The van der Waals surface area contributed by atoms with Crippen LogP contribution < -0.4 is 4.46 Å². The number of hydrogen-bond acceptors (Lipinski definition) is 2. The van der Waals surface area contributed by atoms with E-state index in [4.69, 9.17) is 0 Å². The average molecular weight is 311 g/mol. The van der Waals surface area contributed by atoms with E-state index in [1.54, 1.807) is 0 Å². The zero-order valence-corrected chi connectivity index (χ0v) is 11.6. The van der Waals surface area contributed by atoms with Crippen molar-refractivity contribution in [2.24, 2.45) is 0 Å². The van der Waals surface area contributed by atoms with Gasteiger partial charge in [0.2, 0.25) is 0 Å². The SMILES string of the molecule is O=S(=O)(Cc1ccccc1)[Se]c1ccccc1. The number of rotatable bonds is 4. The molecule has 0 heterocycles. The molecule has 0 N–H and O–H groups in total. The molecule has 0 spiro atoms. The van der Waals surface area contributed by atoms with E-state index < -0.39 is 22.1 Å². The summed E-state index contributed by atoms with van der Waals surface area (Å²) in [5.41, 5.74) is 0.852. The molecule has 0 bridgehead atoms. The third-order valence-corrected chi connectivity index (χ3v) is 7.41. The topological polar surface area (TPSA) is 34.1 Å². The van der Waals surface area contributed by atoms with E-state index in [2.05, 4.69) is 0 Å². The van der Waals surface area contributed by atoms with Gasteiger partial charge in [-0.3, -0.25) is 0 Å². The van der Waals surface area contributed by atoms with Gasteiger partial charge in [-0.15, -0.1) is 0 Å². The van der Waals surface area contributed by atoms with Crippen molar-refractivity contribution >= 4 is 26.6 Å². The summed E-state index contributed by atoms with van der Waals surface area (Å²) in [6.45, 7) is 0. The van der Waals surface area contributed by atoms with Gasteiger partial charge in [-0.05, 0) is 0 Å². The second kappa shape index (κ2) is 5.50. The quantitative estimate of drug-likeness (QED) is 0.803. The molecule has 0 aliphatic carbocycles. The molecule has 0 aromatic heterocycles. The maximum absolute atomic E-state index is 12.0. The minimum atomic E-state index is -3.03. The van der Waals surface area contributed by atoms with Crippen LogP contribution in [0.25, 0.3) is 0 Å². The Kier molecular flexibility index (Phi) is 4.00. The van der Waals surface area contributed by atoms with Gasteiger partial charge in [-0.25, -0.2) is 0 Å². The fourth-order valence-electron chi connectivity index (χ4n) is 1.43. The maximum atomic E-state index is 12.0. The standard InChI is InChI=1S/C13H12O2SSe/c14-16(15,11-12-7-3-1-4-8-12)17-13-9-5-2-6-10-13/h1-10H,11H2. The van der Waals surface area contributed by atoms with Crippen LogP contribution in [0, 0.1) is 0 Å². The van der Waals surface area contributed by atoms with Crippen LogP contribution in [-0.2, 0) is 14.0 Å². The van der Waals surface area contributed by atoms with E-state index in [-0.39, 0.29) is 5.75 Å². The third kappa shape index (κ3) is 4.00. The van der Waals surface area contributed by atoms with Gasteiger partial charge in [0, 0.05) is 0 Å². The van der Waals surface area contributed by atoms with E-state index >= 15 is 0 Å². The molecule has 2 nitrogen and oxygen atoms in total. The molecule has 88 valence electrons. The molecule has 0 aliphatic rings. The van der Waals surface area contributed by atoms with Crippen molar-refractivity contribution in [3.8, 4) is 0 Å². The summed E-state index contributed by atoms with van der Waals surface area (Å²) in [5.74, 6) is 0.128. The molecule has 17 heavy (non-hydrogen) atoms. The molecule has 2 rings (SSSR count). The van der Waals surface area contributed by atoms with Crippen LogP contribution in [0.2, 0.25) is 0 Å². The summed E-state index contributed by atoms with van der Waals surface area (Å²) in [6, 6.07) is 18.7. The molecule has 0 aliphatic heterocycles. The normalized spacial score (nSPS) is 11.3. The zero-order chi connectivity index (χ0) is 12.1. The molecule has 0 amide bonds. The van der Waals surface area contributed by atoms with Crippen LogP contribution in [0.15, 0.2) is 60.7 Å². The molecular weight excluding hydrogens is 299 g/mol. The zero-order valence-electron chi connectivity index (χ0n) is 9.11. The summed E-state index contributed by atoms with van der Waals surface area (Å²) < 4.78 is 24.9. The van der Waals surface area contributed by atoms with Gasteiger partial charge in [-0.1, -0.05) is 0 Å². The molecule has 2 aromatic rings. The van der Waals surface area contributed by atoms with E-state index in [0.717, 1.165) is 10.0 Å². The van der Waals surface area contributed by atoms with Crippen molar-refractivity contribution < 1.29 is 8.42 Å². The van der Waals surface area contributed by atoms with Gasteiger partial charge in [0.1, 0.15) is 0 Å². The third-order valence-electron chi connectivity index (χ3n) is 2.15. The molecule has 4 heteroatoms. The van der Waals surface area contributed by atoms with Gasteiger partial charge >= 0.3 is 107 Å². The molecule has 0 saturated heterocycles. The minimum absolute atomic E-state index is 0.128. The molecule has 0 unspecified atom stereocenters. The van der Waals surface area contributed by atoms with Crippen LogP contribution >= 0.6 is 0 Å². The molecular formula is C13H12O2SSe. The van der Waals surface area contributed by atoms with Crippen molar-refractivity contribution in [1.29, 1.82) is 0 Å². The Hall–Kier alpha value is -1.09. The molecule has 0 atom stereocenters. The van der Waals surface area contributed by atoms with Crippen LogP contribution in [0.5, 0.6) is 0 Å². The van der Waals surface area contributed by atoms with Gasteiger partial charge < -0.3 is 0 Å². The van der Waals surface area contributed by atoms with Crippen molar-refractivity contribution in [2.75, 3.05) is 0 Å².